The van der Waals surface area contributed by atoms with Crippen molar-refractivity contribution < 1.29 is 4.79 Å². The average Bonchev–Trinajstić information content (AvgIpc) is 2.36. The van der Waals surface area contributed by atoms with Crippen LogP contribution in [0.2, 0.25) is 0 Å². The zero-order valence-corrected chi connectivity index (χ0v) is 12.7. The number of carbonyl (C=O) groups is 1. The average molecular weight is 308 g/mol. The number of nitrogens with zero attached hydrogens (tertiary/aromatic N) is 1. The fourth-order valence-corrected chi connectivity index (χ4v) is 2.63. The Bertz CT molecular complexity index is 594. The topological polar surface area (TPSA) is 90.1 Å². The van der Waals surface area contributed by atoms with Crippen LogP contribution in [-0.4, -0.2) is 21.6 Å². The molecule has 1 aliphatic rings. The number of carbonyl (C=O) groups excluding carboxylic acids is 1. The summed E-state index contributed by atoms with van der Waals surface area (Å²) < 4.78 is 0.219. The molecule has 0 bridgehead atoms. The summed E-state index contributed by atoms with van der Waals surface area (Å²) in [5.41, 5.74) is 3.80. The molecular weight excluding hydrogens is 288 g/mol. The summed E-state index contributed by atoms with van der Waals surface area (Å²) in [7, 11) is 0. The first kappa shape index (κ1) is 15.6. The van der Waals surface area contributed by atoms with E-state index < -0.39 is 0 Å². The molecule has 1 aliphatic carbocycles. The lowest BCUT2D eigenvalue weighted by Crippen LogP contribution is -2.23. The molecule has 114 valence electrons. The van der Waals surface area contributed by atoms with Crippen LogP contribution < -0.4 is 11.0 Å². The van der Waals surface area contributed by atoms with E-state index in [0.29, 0.717) is 5.69 Å². The van der Waals surface area contributed by atoms with E-state index in [0.717, 1.165) is 31.4 Å². The van der Waals surface area contributed by atoms with Crippen molar-refractivity contribution in [3.05, 3.63) is 26.9 Å². The lowest BCUT2D eigenvalue weighted by atomic mass is 9.99. The predicted octanol–water partition coefficient (Wildman–Crippen LogP) is 2.19. The Morgan fingerprint density at radius 1 is 1.19 bits per heavy atom. The minimum atomic E-state index is -0.312. The molecule has 0 atom stereocenters. The number of hydrogen-bond donors (Lipinski definition) is 3. The minimum Gasteiger partial charge on any atom is -0.335 e. The van der Waals surface area contributed by atoms with Gasteiger partial charge in [-0.15, -0.1) is 0 Å². The van der Waals surface area contributed by atoms with Crippen LogP contribution in [0, 0.1) is 4.77 Å². The second-order valence-electron chi connectivity index (χ2n) is 5.27. The van der Waals surface area contributed by atoms with E-state index in [1.54, 1.807) is 0 Å². The summed E-state index contributed by atoms with van der Waals surface area (Å²) >= 11 is 4.86. The van der Waals surface area contributed by atoms with Crippen molar-refractivity contribution in [1.82, 2.24) is 15.4 Å². The molecule has 0 aromatic carbocycles. The van der Waals surface area contributed by atoms with Gasteiger partial charge in [-0.05, 0) is 37.9 Å². The Hall–Kier alpha value is -1.76. The smallest absolute Gasteiger partial charge is 0.251 e. The van der Waals surface area contributed by atoms with Gasteiger partial charge in [-0.3, -0.25) is 14.6 Å². The summed E-state index contributed by atoms with van der Waals surface area (Å²) in [6, 6.07) is 1.33. The van der Waals surface area contributed by atoms with Crippen LogP contribution in [0.1, 0.15) is 50.6 Å². The highest BCUT2D eigenvalue weighted by Gasteiger charge is 2.07. The van der Waals surface area contributed by atoms with Crippen molar-refractivity contribution in [2.45, 2.75) is 51.4 Å². The third kappa shape index (κ3) is 5.63. The number of aromatic amines is 2. The fraction of sp³-hybridized carbons (Fsp3) is 0.571. The Kier molecular flexibility index (Phi) is 5.86. The molecule has 6 nitrogen and oxygen atoms in total. The molecule has 7 heteroatoms. The quantitative estimate of drug-likeness (QED) is 0.590. The summed E-state index contributed by atoms with van der Waals surface area (Å²) in [5.74, 6) is -0.249. The van der Waals surface area contributed by atoms with E-state index in [4.69, 9.17) is 12.2 Å². The Morgan fingerprint density at radius 3 is 2.52 bits per heavy atom. The zero-order chi connectivity index (χ0) is 15.1. The monoisotopic (exact) mass is 308 g/mol. The molecule has 0 spiro atoms. The maximum absolute atomic E-state index is 11.8. The second-order valence-corrected chi connectivity index (χ2v) is 5.68. The maximum atomic E-state index is 11.8. The molecule has 0 unspecified atom stereocenters. The highest BCUT2D eigenvalue weighted by Crippen LogP contribution is 2.14. The number of rotatable bonds is 3. The SMILES string of the molecule is O=C(Cc1cc(=O)[nH]c(=S)[nH]1)NN=C1CCCCCCC1. The second kappa shape index (κ2) is 7.87. The number of nitrogens with one attached hydrogen (secondary N) is 3. The standard InChI is InChI=1S/C14H20N4O2S/c19-12-8-11(15-14(21)16-12)9-13(20)18-17-10-6-4-2-1-3-5-7-10/h8H,1-7,9H2,(H,18,20)(H2,15,16,19,21). The molecule has 1 amide bonds. The lowest BCUT2D eigenvalue weighted by Gasteiger charge is -2.10. The normalized spacial score (nSPS) is 15.9. The van der Waals surface area contributed by atoms with Crippen LogP contribution in [0.5, 0.6) is 0 Å². The zero-order valence-electron chi connectivity index (χ0n) is 11.9. The molecule has 1 heterocycles. The first-order chi connectivity index (χ1) is 10.1. The van der Waals surface area contributed by atoms with Gasteiger partial charge in [0.05, 0.1) is 6.42 Å². The first-order valence-electron chi connectivity index (χ1n) is 7.30. The van der Waals surface area contributed by atoms with E-state index in [-0.39, 0.29) is 22.7 Å². The van der Waals surface area contributed by atoms with E-state index in [9.17, 15) is 9.59 Å². The van der Waals surface area contributed by atoms with Gasteiger partial charge in [0.15, 0.2) is 4.77 Å². The van der Waals surface area contributed by atoms with Gasteiger partial charge in [-0.1, -0.05) is 19.3 Å². The third-order valence-electron chi connectivity index (χ3n) is 3.44. The van der Waals surface area contributed by atoms with Crippen molar-refractivity contribution in [3.63, 3.8) is 0 Å². The van der Waals surface area contributed by atoms with E-state index in [1.807, 2.05) is 0 Å². The van der Waals surface area contributed by atoms with Gasteiger partial charge in [-0.25, -0.2) is 5.43 Å². The van der Waals surface area contributed by atoms with Crippen molar-refractivity contribution in [2.24, 2.45) is 5.10 Å². The Balaban J connectivity index is 1.91. The minimum absolute atomic E-state index is 0.0599. The van der Waals surface area contributed by atoms with Crippen molar-refractivity contribution in [1.29, 1.82) is 0 Å². The summed E-state index contributed by atoms with van der Waals surface area (Å²) in [5, 5.41) is 4.22. The molecular formula is C14H20N4O2S. The van der Waals surface area contributed by atoms with Crippen molar-refractivity contribution in [2.75, 3.05) is 0 Å². The number of aromatic nitrogens is 2. The van der Waals surface area contributed by atoms with E-state index in [1.165, 1.54) is 25.3 Å². The third-order valence-corrected chi connectivity index (χ3v) is 3.64. The molecule has 0 aliphatic heterocycles. The van der Waals surface area contributed by atoms with Crippen molar-refractivity contribution >= 4 is 23.8 Å². The molecule has 1 aromatic rings. The van der Waals surface area contributed by atoms with Gasteiger partial charge in [0, 0.05) is 17.5 Å². The lowest BCUT2D eigenvalue weighted by molar-refractivity contribution is -0.120. The number of hydrazone groups is 1. The van der Waals surface area contributed by atoms with Gasteiger partial charge in [-0.2, -0.15) is 5.10 Å². The van der Waals surface area contributed by atoms with Gasteiger partial charge < -0.3 is 4.98 Å². The largest absolute Gasteiger partial charge is 0.335 e. The highest BCUT2D eigenvalue weighted by atomic mass is 32.1. The number of amides is 1. The molecule has 1 saturated carbocycles. The molecule has 1 fully saturated rings. The van der Waals surface area contributed by atoms with E-state index in [2.05, 4.69) is 20.5 Å². The van der Waals surface area contributed by atoms with Gasteiger partial charge in [0.2, 0.25) is 5.91 Å². The fourth-order valence-electron chi connectivity index (χ4n) is 2.39. The van der Waals surface area contributed by atoms with Crippen LogP contribution >= 0.6 is 12.2 Å². The number of hydrogen-bond acceptors (Lipinski definition) is 4. The van der Waals surface area contributed by atoms with Gasteiger partial charge in [0.25, 0.3) is 5.56 Å². The van der Waals surface area contributed by atoms with Gasteiger partial charge in [0.1, 0.15) is 0 Å². The Morgan fingerprint density at radius 2 is 1.86 bits per heavy atom. The molecule has 0 saturated heterocycles. The molecule has 0 radical (unpaired) electrons. The summed E-state index contributed by atoms with van der Waals surface area (Å²) in [6.45, 7) is 0. The summed E-state index contributed by atoms with van der Waals surface area (Å²) in [4.78, 5) is 28.3. The molecule has 21 heavy (non-hydrogen) atoms. The van der Waals surface area contributed by atoms with E-state index >= 15 is 0 Å². The number of H-pyrrole nitrogens is 2. The van der Waals surface area contributed by atoms with Gasteiger partial charge >= 0.3 is 0 Å². The first-order valence-corrected chi connectivity index (χ1v) is 7.71. The van der Waals surface area contributed by atoms with Crippen LogP contribution in [0.3, 0.4) is 0 Å². The predicted molar refractivity (Wildman–Crippen MR) is 83.8 cm³/mol. The Labute approximate surface area is 128 Å². The summed E-state index contributed by atoms with van der Waals surface area (Å²) in [6.07, 6.45) is 7.99. The maximum Gasteiger partial charge on any atom is 0.251 e. The van der Waals surface area contributed by atoms with Crippen LogP contribution in [0.25, 0.3) is 0 Å². The molecule has 1 aromatic heterocycles. The van der Waals surface area contributed by atoms with Crippen LogP contribution in [0.15, 0.2) is 16.0 Å². The highest BCUT2D eigenvalue weighted by molar-refractivity contribution is 7.71. The molecule has 3 N–H and O–H groups in total. The van der Waals surface area contributed by atoms with Crippen LogP contribution in [-0.2, 0) is 11.2 Å². The van der Waals surface area contributed by atoms with Crippen molar-refractivity contribution in [3.8, 4) is 0 Å². The molecule has 2 rings (SSSR count). The van der Waals surface area contributed by atoms with Crippen LogP contribution in [0.4, 0.5) is 0 Å².